The van der Waals surface area contributed by atoms with Crippen molar-refractivity contribution in [1.82, 2.24) is 9.97 Å². The van der Waals surface area contributed by atoms with Crippen LogP contribution < -0.4 is 10.0 Å². The Morgan fingerprint density at radius 2 is 1.75 bits per heavy atom. The first kappa shape index (κ1) is 14.3. The molecule has 6 nitrogen and oxygen atoms in total. The molecule has 0 radical (unpaired) electrons. The number of sulfonamides is 1. The third-order valence-electron chi connectivity index (χ3n) is 3.01. The molecule has 106 valence electrons. The number of benzene rings is 1. The van der Waals surface area contributed by atoms with E-state index in [0.29, 0.717) is 11.6 Å². The zero-order chi connectivity index (χ0) is 14.8. The molecule has 0 aliphatic carbocycles. The molecule has 0 bridgehead atoms. The van der Waals surface area contributed by atoms with Crippen LogP contribution >= 0.6 is 0 Å². The van der Waals surface area contributed by atoms with Gasteiger partial charge in [0.2, 0.25) is 5.95 Å². The van der Waals surface area contributed by atoms with E-state index < -0.39 is 10.0 Å². The Kier molecular flexibility index (Phi) is 3.89. The van der Waals surface area contributed by atoms with Crippen molar-refractivity contribution in [2.45, 2.75) is 18.7 Å². The van der Waals surface area contributed by atoms with Gasteiger partial charge in [0, 0.05) is 7.05 Å². The van der Waals surface area contributed by atoms with E-state index in [1.807, 2.05) is 19.9 Å². The Balaban J connectivity index is 2.33. The van der Waals surface area contributed by atoms with Crippen LogP contribution in [0.5, 0.6) is 0 Å². The average molecular weight is 292 g/mol. The second-order valence-corrected chi connectivity index (χ2v) is 6.03. The Morgan fingerprint density at radius 1 is 1.10 bits per heavy atom. The number of nitrogens with zero attached hydrogens (tertiary/aromatic N) is 2. The van der Waals surface area contributed by atoms with E-state index in [0.717, 1.165) is 11.1 Å². The van der Waals surface area contributed by atoms with Crippen LogP contribution in [0.1, 0.15) is 11.1 Å². The van der Waals surface area contributed by atoms with E-state index in [1.54, 1.807) is 19.2 Å². The molecule has 0 fully saturated rings. The van der Waals surface area contributed by atoms with E-state index >= 15 is 0 Å². The maximum absolute atomic E-state index is 12.3. The highest BCUT2D eigenvalue weighted by Crippen LogP contribution is 2.21. The average Bonchev–Trinajstić information content (AvgIpc) is 2.44. The summed E-state index contributed by atoms with van der Waals surface area (Å²) in [4.78, 5) is 7.83. The van der Waals surface area contributed by atoms with E-state index in [1.165, 1.54) is 12.4 Å². The zero-order valence-corrected chi connectivity index (χ0v) is 12.3. The molecule has 1 heterocycles. The van der Waals surface area contributed by atoms with Crippen LogP contribution in [-0.4, -0.2) is 25.4 Å². The number of aromatic nitrogens is 2. The molecule has 0 atom stereocenters. The lowest BCUT2D eigenvalue weighted by molar-refractivity contribution is 0.600. The van der Waals surface area contributed by atoms with Crippen molar-refractivity contribution in [2.75, 3.05) is 17.1 Å². The third kappa shape index (κ3) is 2.88. The smallest absolute Gasteiger partial charge is 0.264 e. The molecule has 0 unspecified atom stereocenters. The van der Waals surface area contributed by atoms with E-state index in [2.05, 4.69) is 20.0 Å². The lowest BCUT2D eigenvalue weighted by Gasteiger charge is -2.11. The summed E-state index contributed by atoms with van der Waals surface area (Å²) in [6, 6.07) is 5.46. The SMILES string of the molecule is CNc1ncc(S(=O)(=O)Nc2cccc(C)c2C)cn1. The quantitative estimate of drug-likeness (QED) is 0.899. The van der Waals surface area contributed by atoms with Gasteiger partial charge in [-0.05, 0) is 31.0 Å². The molecule has 20 heavy (non-hydrogen) atoms. The maximum atomic E-state index is 12.3. The molecule has 0 aliphatic heterocycles. The van der Waals surface area contributed by atoms with Crippen molar-refractivity contribution < 1.29 is 8.42 Å². The molecule has 7 heteroatoms. The van der Waals surface area contributed by atoms with Crippen LogP contribution in [0.15, 0.2) is 35.5 Å². The van der Waals surface area contributed by atoms with Gasteiger partial charge in [-0.2, -0.15) is 0 Å². The lowest BCUT2D eigenvalue weighted by Crippen LogP contribution is -2.15. The summed E-state index contributed by atoms with van der Waals surface area (Å²) in [5.41, 5.74) is 2.47. The minimum atomic E-state index is -3.68. The van der Waals surface area contributed by atoms with Crippen LogP contribution in [-0.2, 0) is 10.0 Å². The summed E-state index contributed by atoms with van der Waals surface area (Å²) in [7, 11) is -2.02. The summed E-state index contributed by atoms with van der Waals surface area (Å²) in [6.45, 7) is 3.80. The normalized spacial score (nSPS) is 11.2. The van der Waals surface area contributed by atoms with E-state index in [9.17, 15) is 8.42 Å². The number of nitrogens with one attached hydrogen (secondary N) is 2. The highest BCUT2D eigenvalue weighted by molar-refractivity contribution is 7.92. The largest absolute Gasteiger partial charge is 0.357 e. The van der Waals surface area contributed by atoms with E-state index in [4.69, 9.17) is 0 Å². The van der Waals surface area contributed by atoms with Gasteiger partial charge in [0.15, 0.2) is 0 Å². The topological polar surface area (TPSA) is 84.0 Å². The Morgan fingerprint density at radius 3 is 2.35 bits per heavy atom. The van der Waals surface area contributed by atoms with Gasteiger partial charge in [0.05, 0.1) is 18.1 Å². The Hall–Kier alpha value is -2.15. The monoisotopic (exact) mass is 292 g/mol. The molecule has 1 aromatic heterocycles. The second kappa shape index (κ2) is 5.46. The van der Waals surface area contributed by atoms with Crippen molar-refractivity contribution in [2.24, 2.45) is 0 Å². The van der Waals surface area contributed by atoms with Crippen LogP contribution in [0.2, 0.25) is 0 Å². The summed E-state index contributed by atoms with van der Waals surface area (Å²) in [5, 5.41) is 2.73. The minimum absolute atomic E-state index is 0.0254. The summed E-state index contributed by atoms with van der Waals surface area (Å²) < 4.78 is 27.1. The molecule has 2 N–H and O–H groups in total. The van der Waals surface area contributed by atoms with Crippen LogP contribution in [0.3, 0.4) is 0 Å². The predicted molar refractivity (Wildman–Crippen MR) is 78.3 cm³/mol. The molecule has 1 aromatic carbocycles. The molecule has 0 spiro atoms. The number of hydrogen-bond acceptors (Lipinski definition) is 5. The molecule has 0 amide bonds. The van der Waals surface area contributed by atoms with Crippen molar-refractivity contribution in [3.05, 3.63) is 41.7 Å². The van der Waals surface area contributed by atoms with Crippen molar-refractivity contribution in [3.63, 3.8) is 0 Å². The second-order valence-electron chi connectivity index (χ2n) is 4.35. The number of rotatable bonds is 4. The molecule has 0 saturated heterocycles. The number of anilines is 2. The first-order chi connectivity index (χ1) is 9.44. The van der Waals surface area contributed by atoms with Gasteiger partial charge in [0.1, 0.15) is 4.90 Å². The summed E-state index contributed by atoms with van der Waals surface area (Å²) >= 11 is 0. The van der Waals surface area contributed by atoms with Gasteiger partial charge >= 0.3 is 0 Å². The molecule has 2 aromatic rings. The van der Waals surface area contributed by atoms with Crippen LogP contribution in [0, 0.1) is 13.8 Å². The van der Waals surface area contributed by atoms with Crippen LogP contribution in [0.25, 0.3) is 0 Å². The van der Waals surface area contributed by atoms with Gasteiger partial charge in [-0.15, -0.1) is 0 Å². The molecular weight excluding hydrogens is 276 g/mol. The lowest BCUT2D eigenvalue weighted by atomic mass is 10.1. The Bertz CT molecular complexity index is 712. The molecule has 2 rings (SSSR count). The highest BCUT2D eigenvalue weighted by atomic mass is 32.2. The van der Waals surface area contributed by atoms with Gasteiger partial charge in [-0.3, -0.25) is 4.72 Å². The molecular formula is C13H16N4O2S. The van der Waals surface area contributed by atoms with Gasteiger partial charge in [-0.25, -0.2) is 18.4 Å². The summed E-state index contributed by atoms with van der Waals surface area (Å²) in [5.74, 6) is 0.371. The fourth-order valence-corrected chi connectivity index (χ4v) is 2.66. The fraction of sp³-hybridized carbons (Fsp3) is 0.231. The van der Waals surface area contributed by atoms with Gasteiger partial charge < -0.3 is 5.32 Å². The molecule has 0 saturated carbocycles. The van der Waals surface area contributed by atoms with Crippen LogP contribution in [0.4, 0.5) is 11.6 Å². The first-order valence-electron chi connectivity index (χ1n) is 6.03. The third-order valence-corrected chi connectivity index (χ3v) is 4.33. The minimum Gasteiger partial charge on any atom is -0.357 e. The predicted octanol–water partition coefficient (Wildman–Crippen LogP) is 1.94. The zero-order valence-electron chi connectivity index (χ0n) is 11.5. The first-order valence-corrected chi connectivity index (χ1v) is 7.51. The van der Waals surface area contributed by atoms with E-state index in [-0.39, 0.29) is 4.90 Å². The van der Waals surface area contributed by atoms with Gasteiger partial charge in [-0.1, -0.05) is 12.1 Å². The Labute approximate surface area is 118 Å². The van der Waals surface area contributed by atoms with Crippen molar-refractivity contribution in [1.29, 1.82) is 0 Å². The number of hydrogen-bond donors (Lipinski definition) is 2. The standard InChI is InChI=1S/C13H16N4O2S/c1-9-5-4-6-12(10(9)2)17-20(18,19)11-7-15-13(14-3)16-8-11/h4-8,17H,1-3H3,(H,14,15,16). The van der Waals surface area contributed by atoms with Crippen molar-refractivity contribution in [3.8, 4) is 0 Å². The van der Waals surface area contributed by atoms with Gasteiger partial charge in [0.25, 0.3) is 10.0 Å². The number of aryl methyl sites for hydroxylation is 1. The fourth-order valence-electron chi connectivity index (χ4n) is 1.65. The summed E-state index contributed by atoms with van der Waals surface area (Å²) in [6.07, 6.45) is 2.54. The highest BCUT2D eigenvalue weighted by Gasteiger charge is 2.16. The maximum Gasteiger partial charge on any atom is 0.264 e. The van der Waals surface area contributed by atoms with Crippen molar-refractivity contribution >= 4 is 21.7 Å². The molecule has 0 aliphatic rings.